The highest BCUT2D eigenvalue weighted by Crippen LogP contribution is 2.30. The Morgan fingerprint density at radius 3 is 2.57 bits per heavy atom. The largest absolute Gasteiger partial charge is 0.493 e. The van der Waals surface area contributed by atoms with E-state index >= 15 is 0 Å². The van der Waals surface area contributed by atoms with E-state index in [-0.39, 0.29) is 0 Å². The summed E-state index contributed by atoms with van der Waals surface area (Å²) in [6.45, 7) is 5.78. The minimum absolute atomic E-state index is 0.485. The van der Waals surface area contributed by atoms with Crippen molar-refractivity contribution in [2.45, 2.75) is 45.6 Å². The molecule has 1 fully saturated rings. The van der Waals surface area contributed by atoms with Crippen LogP contribution in [0.2, 0.25) is 0 Å². The molecule has 1 aromatic carbocycles. The van der Waals surface area contributed by atoms with E-state index in [2.05, 4.69) is 31.3 Å². The van der Waals surface area contributed by atoms with Gasteiger partial charge in [0.05, 0.1) is 14.2 Å². The van der Waals surface area contributed by atoms with Gasteiger partial charge >= 0.3 is 0 Å². The molecule has 3 atom stereocenters. The number of hydrogen-bond acceptors (Lipinski definition) is 3. The predicted molar refractivity (Wildman–Crippen MR) is 87.2 cm³/mol. The maximum Gasteiger partial charge on any atom is 0.160 e. The molecule has 1 aromatic rings. The molecule has 3 heteroatoms. The molecule has 1 aliphatic rings. The van der Waals surface area contributed by atoms with E-state index in [9.17, 15) is 0 Å². The summed E-state index contributed by atoms with van der Waals surface area (Å²) in [5.41, 5.74) is 1.28. The van der Waals surface area contributed by atoms with Crippen LogP contribution < -0.4 is 14.8 Å². The highest BCUT2D eigenvalue weighted by molar-refractivity contribution is 5.43. The zero-order valence-electron chi connectivity index (χ0n) is 13.8. The average Bonchev–Trinajstić information content (AvgIpc) is 2.90. The Morgan fingerprint density at radius 2 is 1.95 bits per heavy atom. The number of rotatable bonds is 7. The van der Waals surface area contributed by atoms with Crippen molar-refractivity contribution in [2.75, 3.05) is 20.8 Å². The van der Waals surface area contributed by atoms with Gasteiger partial charge in [0, 0.05) is 6.04 Å². The van der Waals surface area contributed by atoms with Crippen molar-refractivity contribution in [3.63, 3.8) is 0 Å². The second-order valence-electron chi connectivity index (χ2n) is 6.49. The van der Waals surface area contributed by atoms with Crippen LogP contribution >= 0.6 is 0 Å². The van der Waals surface area contributed by atoms with Crippen LogP contribution in [0.25, 0.3) is 0 Å². The molecule has 0 aromatic heterocycles. The summed E-state index contributed by atoms with van der Waals surface area (Å²) in [5, 5.41) is 3.69. The van der Waals surface area contributed by atoms with Crippen LogP contribution in [-0.4, -0.2) is 26.8 Å². The van der Waals surface area contributed by atoms with E-state index in [1.54, 1.807) is 14.2 Å². The first kappa shape index (κ1) is 16.2. The van der Waals surface area contributed by atoms with Crippen molar-refractivity contribution in [1.29, 1.82) is 0 Å². The molecule has 3 unspecified atom stereocenters. The predicted octanol–water partition coefficient (Wildman–Crippen LogP) is 3.66. The van der Waals surface area contributed by atoms with Crippen LogP contribution in [0, 0.1) is 11.8 Å². The van der Waals surface area contributed by atoms with Gasteiger partial charge in [-0.15, -0.1) is 0 Å². The third-order valence-corrected chi connectivity index (χ3v) is 4.55. The number of ether oxygens (including phenoxy) is 2. The topological polar surface area (TPSA) is 30.5 Å². The second kappa shape index (κ2) is 7.69. The smallest absolute Gasteiger partial charge is 0.160 e. The summed E-state index contributed by atoms with van der Waals surface area (Å²) in [4.78, 5) is 0. The van der Waals surface area contributed by atoms with Crippen molar-refractivity contribution >= 4 is 0 Å². The number of benzene rings is 1. The van der Waals surface area contributed by atoms with Crippen LogP contribution in [0.5, 0.6) is 11.5 Å². The van der Waals surface area contributed by atoms with Crippen molar-refractivity contribution < 1.29 is 9.47 Å². The summed E-state index contributed by atoms with van der Waals surface area (Å²) in [6, 6.07) is 6.67. The average molecular weight is 291 g/mol. The third-order valence-electron chi connectivity index (χ3n) is 4.55. The Morgan fingerprint density at radius 1 is 1.19 bits per heavy atom. The Balaban J connectivity index is 1.83. The first-order valence-electron chi connectivity index (χ1n) is 8.06. The molecule has 0 saturated heterocycles. The van der Waals surface area contributed by atoms with Crippen molar-refractivity contribution in [1.82, 2.24) is 5.32 Å². The molecule has 0 amide bonds. The number of methoxy groups -OCH3 is 2. The molecule has 2 rings (SSSR count). The summed E-state index contributed by atoms with van der Waals surface area (Å²) in [5.74, 6) is 3.39. The van der Waals surface area contributed by atoms with Crippen molar-refractivity contribution in [2.24, 2.45) is 11.8 Å². The maximum absolute atomic E-state index is 5.37. The monoisotopic (exact) mass is 291 g/mol. The molecule has 3 nitrogen and oxygen atoms in total. The first-order chi connectivity index (χ1) is 10.1. The minimum Gasteiger partial charge on any atom is -0.493 e. The number of hydrogen-bond donors (Lipinski definition) is 1. The van der Waals surface area contributed by atoms with E-state index in [0.29, 0.717) is 6.04 Å². The van der Waals surface area contributed by atoms with E-state index in [4.69, 9.17) is 9.47 Å². The lowest BCUT2D eigenvalue weighted by molar-refractivity contribution is 0.354. The van der Waals surface area contributed by atoms with Crippen LogP contribution in [0.15, 0.2) is 18.2 Å². The summed E-state index contributed by atoms with van der Waals surface area (Å²) < 4.78 is 10.6. The molecule has 1 aliphatic carbocycles. The molecule has 21 heavy (non-hydrogen) atoms. The zero-order chi connectivity index (χ0) is 15.2. The van der Waals surface area contributed by atoms with Crippen molar-refractivity contribution in [3.8, 4) is 11.5 Å². The van der Waals surface area contributed by atoms with E-state index < -0.39 is 0 Å². The lowest BCUT2D eigenvalue weighted by Crippen LogP contribution is -2.32. The van der Waals surface area contributed by atoms with Crippen LogP contribution in [-0.2, 0) is 6.42 Å². The highest BCUT2D eigenvalue weighted by Gasteiger charge is 2.21. The fourth-order valence-corrected chi connectivity index (χ4v) is 3.31. The standard InChI is InChI=1S/C18H29NO2/c1-13-5-6-16(9-13)12-19-14(2)10-15-7-8-17(20-3)18(11-15)21-4/h7-8,11,13-14,16,19H,5-6,9-10,12H2,1-4H3. The van der Waals surface area contributed by atoms with Gasteiger partial charge in [-0.2, -0.15) is 0 Å². The second-order valence-corrected chi connectivity index (χ2v) is 6.49. The summed E-state index contributed by atoms with van der Waals surface area (Å²) >= 11 is 0. The SMILES string of the molecule is COc1ccc(CC(C)NCC2CCC(C)C2)cc1OC. The van der Waals surface area contributed by atoms with Gasteiger partial charge in [-0.25, -0.2) is 0 Å². The van der Waals surface area contributed by atoms with Gasteiger partial charge in [0.2, 0.25) is 0 Å². The first-order valence-corrected chi connectivity index (χ1v) is 8.06. The Hall–Kier alpha value is -1.22. The molecule has 0 spiro atoms. The third kappa shape index (κ3) is 4.63. The molecule has 0 aliphatic heterocycles. The molecule has 1 N–H and O–H groups in total. The summed E-state index contributed by atoms with van der Waals surface area (Å²) in [7, 11) is 3.36. The van der Waals surface area contributed by atoms with E-state index in [1.807, 2.05) is 6.07 Å². The fourth-order valence-electron chi connectivity index (χ4n) is 3.31. The lowest BCUT2D eigenvalue weighted by atomic mass is 10.0. The Bertz CT molecular complexity index is 447. The highest BCUT2D eigenvalue weighted by atomic mass is 16.5. The Labute approximate surface area is 129 Å². The van der Waals surface area contributed by atoms with Gasteiger partial charge in [-0.1, -0.05) is 19.4 Å². The zero-order valence-corrected chi connectivity index (χ0v) is 13.8. The Kier molecular flexibility index (Phi) is 5.92. The van der Waals surface area contributed by atoms with Gasteiger partial charge in [-0.3, -0.25) is 0 Å². The minimum atomic E-state index is 0.485. The van der Waals surface area contributed by atoms with Crippen LogP contribution in [0.3, 0.4) is 0 Å². The van der Waals surface area contributed by atoms with E-state index in [1.165, 1.54) is 24.8 Å². The molecule has 0 heterocycles. The van der Waals surface area contributed by atoms with Crippen LogP contribution in [0.4, 0.5) is 0 Å². The van der Waals surface area contributed by atoms with Crippen LogP contribution in [0.1, 0.15) is 38.7 Å². The quantitative estimate of drug-likeness (QED) is 0.831. The molecule has 1 saturated carbocycles. The van der Waals surface area contributed by atoms with E-state index in [0.717, 1.165) is 36.3 Å². The normalized spacial score (nSPS) is 23.0. The molecular weight excluding hydrogens is 262 g/mol. The maximum atomic E-state index is 5.37. The van der Waals surface area contributed by atoms with Gasteiger partial charge in [0.1, 0.15) is 0 Å². The molecule has 0 radical (unpaired) electrons. The van der Waals surface area contributed by atoms with Gasteiger partial charge in [0.15, 0.2) is 11.5 Å². The number of nitrogens with one attached hydrogen (secondary N) is 1. The molecular formula is C18H29NO2. The lowest BCUT2D eigenvalue weighted by Gasteiger charge is -2.18. The van der Waals surface area contributed by atoms with Gasteiger partial charge in [0.25, 0.3) is 0 Å². The van der Waals surface area contributed by atoms with Gasteiger partial charge in [-0.05, 0) is 62.3 Å². The molecule has 0 bridgehead atoms. The van der Waals surface area contributed by atoms with Gasteiger partial charge < -0.3 is 14.8 Å². The fraction of sp³-hybridized carbons (Fsp3) is 0.667. The summed E-state index contributed by atoms with van der Waals surface area (Å²) in [6.07, 6.45) is 5.19. The molecule has 118 valence electrons. The van der Waals surface area contributed by atoms with Crippen molar-refractivity contribution in [3.05, 3.63) is 23.8 Å².